The van der Waals surface area contributed by atoms with Crippen LogP contribution in [0.3, 0.4) is 0 Å². The Labute approximate surface area is 170 Å². The van der Waals surface area contributed by atoms with Crippen LogP contribution in [-0.4, -0.2) is 19.3 Å². The van der Waals surface area contributed by atoms with E-state index in [1.165, 1.54) is 31.2 Å². The van der Waals surface area contributed by atoms with Gasteiger partial charge in [-0.2, -0.15) is 0 Å². The summed E-state index contributed by atoms with van der Waals surface area (Å²) >= 11 is 13.1. The average Bonchev–Trinajstić information content (AvgIpc) is 3.05. The van der Waals surface area contributed by atoms with E-state index in [0.29, 0.717) is 21.4 Å². The van der Waals surface area contributed by atoms with E-state index in [1.54, 1.807) is 23.6 Å². The van der Waals surface area contributed by atoms with Crippen molar-refractivity contribution in [2.24, 2.45) is 0 Å². The quantitative estimate of drug-likeness (QED) is 0.590. The van der Waals surface area contributed by atoms with E-state index < -0.39 is 10.0 Å². The molecule has 6 nitrogen and oxygen atoms in total. The fourth-order valence-electron chi connectivity index (χ4n) is 2.20. The van der Waals surface area contributed by atoms with E-state index in [9.17, 15) is 13.2 Å². The molecule has 0 bridgehead atoms. The van der Waals surface area contributed by atoms with Gasteiger partial charge in [0.15, 0.2) is 5.13 Å². The molecule has 140 valence electrons. The molecule has 0 radical (unpaired) electrons. The predicted octanol–water partition coefficient (Wildman–Crippen LogP) is 4.88. The number of anilines is 2. The van der Waals surface area contributed by atoms with Crippen LogP contribution < -0.4 is 10.0 Å². The van der Waals surface area contributed by atoms with Crippen LogP contribution in [0.1, 0.15) is 6.92 Å². The largest absolute Gasteiger partial charge is 0.326 e. The summed E-state index contributed by atoms with van der Waals surface area (Å²) in [4.78, 5) is 15.4. The molecule has 0 spiro atoms. The molecular formula is C17H13Cl2N3O3S2. The van der Waals surface area contributed by atoms with Crippen LogP contribution in [0.5, 0.6) is 0 Å². The highest BCUT2D eigenvalue weighted by Crippen LogP contribution is 2.31. The molecule has 1 aromatic heterocycles. The first-order valence-corrected chi connectivity index (χ1v) is 10.7. The Morgan fingerprint density at radius 3 is 2.41 bits per heavy atom. The molecule has 1 amide bonds. The SMILES string of the molecule is CC(=O)Nc1ccc(S(=O)(=O)Nc2nc(-c3ccc(Cl)c(Cl)c3)cs2)cc1. The van der Waals surface area contributed by atoms with Crippen molar-refractivity contribution in [3.05, 3.63) is 57.9 Å². The second kappa shape index (κ2) is 7.85. The summed E-state index contributed by atoms with van der Waals surface area (Å²) in [6.07, 6.45) is 0. The number of nitrogens with one attached hydrogen (secondary N) is 2. The van der Waals surface area contributed by atoms with Crippen LogP contribution >= 0.6 is 34.5 Å². The molecule has 2 aromatic carbocycles. The standard InChI is InChI=1S/C17H13Cl2N3O3S2/c1-10(23)20-12-3-5-13(6-4-12)27(24,25)22-17-21-16(9-26-17)11-2-7-14(18)15(19)8-11/h2-9H,1H3,(H,20,23)(H,21,22). The number of carbonyl (C=O) groups excluding carboxylic acids is 1. The number of halogens is 2. The van der Waals surface area contributed by atoms with Crippen LogP contribution in [0.2, 0.25) is 10.0 Å². The number of nitrogens with zero attached hydrogens (tertiary/aromatic N) is 1. The summed E-state index contributed by atoms with van der Waals surface area (Å²) in [5, 5.41) is 5.34. The van der Waals surface area contributed by atoms with E-state index in [1.807, 2.05) is 0 Å². The molecule has 0 saturated heterocycles. The number of hydrogen-bond acceptors (Lipinski definition) is 5. The zero-order chi connectivity index (χ0) is 19.6. The van der Waals surface area contributed by atoms with Crippen molar-refractivity contribution < 1.29 is 13.2 Å². The van der Waals surface area contributed by atoms with Crippen molar-refractivity contribution in [2.45, 2.75) is 11.8 Å². The van der Waals surface area contributed by atoms with Gasteiger partial charge in [0.05, 0.1) is 20.6 Å². The lowest BCUT2D eigenvalue weighted by molar-refractivity contribution is -0.114. The Kier molecular flexibility index (Phi) is 5.71. The number of sulfonamides is 1. The van der Waals surface area contributed by atoms with Crippen molar-refractivity contribution in [3.8, 4) is 11.3 Å². The minimum atomic E-state index is -3.80. The van der Waals surface area contributed by atoms with Gasteiger partial charge in [0.2, 0.25) is 5.91 Å². The Bertz CT molecular complexity index is 1100. The van der Waals surface area contributed by atoms with Gasteiger partial charge in [-0.3, -0.25) is 9.52 Å². The number of hydrogen-bond donors (Lipinski definition) is 2. The van der Waals surface area contributed by atoms with E-state index in [4.69, 9.17) is 23.2 Å². The zero-order valence-electron chi connectivity index (χ0n) is 13.9. The molecule has 27 heavy (non-hydrogen) atoms. The first-order valence-electron chi connectivity index (χ1n) is 7.56. The highest BCUT2D eigenvalue weighted by Gasteiger charge is 2.17. The van der Waals surface area contributed by atoms with Gasteiger partial charge >= 0.3 is 0 Å². The monoisotopic (exact) mass is 441 g/mol. The smallest absolute Gasteiger partial charge is 0.263 e. The van der Waals surface area contributed by atoms with Gasteiger partial charge < -0.3 is 5.32 Å². The van der Waals surface area contributed by atoms with Crippen molar-refractivity contribution in [3.63, 3.8) is 0 Å². The summed E-state index contributed by atoms with van der Waals surface area (Å²) in [5.41, 5.74) is 1.82. The number of carbonyl (C=O) groups is 1. The normalized spacial score (nSPS) is 11.2. The molecule has 0 aliphatic carbocycles. The first kappa shape index (κ1) is 19.6. The molecule has 0 atom stereocenters. The molecule has 0 aliphatic heterocycles. The van der Waals surface area contributed by atoms with Gasteiger partial charge in [-0.25, -0.2) is 13.4 Å². The molecule has 1 heterocycles. The maximum absolute atomic E-state index is 12.5. The van der Waals surface area contributed by atoms with Gasteiger partial charge in [-0.1, -0.05) is 29.3 Å². The third-order valence-electron chi connectivity index (χ3n) is 3.43. The lowest BCUT2D eigenvalue weighted by Gasteiger charge is -2.07. The minimum Gasteiger partial charge on any atom is -0.326 e. The third kappa shape index (κ3) is 4.78. The Hall–Kier alpha value is -2.13. The molecule has 0 fully saturated rings. The van der Waals surface area contributed by atoms with Crippen LogP contribution in [0, 0.1) is 0 Å². The van der Waals surface area contributed by atoms with E-state index in [-0.39, 0.29) is 15.9 Å². The Morgan fingerprint density at radius 1 is 1.07 bits per heavy atom. The molecule has 0 saturated carbocycles. The first-order chi connectivity index (χ1) is 12.7. The average molecular weight is 442 g/mol. The van der Waals surface area contributed by atoms with Crippen molar-refractivity contribution >= 4 is 61.3 Å². The van der Waals surface area contributed by atoms with Crippen LogP contribution in [0.25, 0.3) is 11.3 Å². The van der Waals surface area contributed by atoms with Gasteiger partial charge in [0, 0.05) is 23.6 Å². The molecule has 0 unspecified atom stereocenters. The molecule has 3 rings (SSSR count). The summed E-state index contributed by atoms with van der Waals surface area (Å²) in [6, 6.07) is 10.9. The fraction of sp³-hybridized carbons (Fsp3) is 0.0588. The van der Waals surface area contributed by atoms with Crippen LogP contribution in [-0.2, 0) is 14.8 Å². The van der Waals surface area contributed by atoms with Crippen LogP contribution in [0.15, 0.2) is 52.7 Å². The maximum Gasteiger partial charge on any atom is 0.263 e. The number of rotatable bonds is 5. The highest BCUT2D eigenvalue weighted by atomic mass is 35.5. The Balaban J connectivity index is 1.79. The van der Waals surface area contributed by atoms with E-state index >= 15 is 0 Å². The van der Waals surface area contributed by atoms with Crippen molar-refractivity contribution in [1.82, 2.24) is 4.98 Å². The minimum absolute atomic E-state index is 0.0582. The third-order valence-corrected chi connectivity index (χ3v) is 6.41. The summed E-state index contributed by atoms with van der Waals surface area (Å²) in [5.74, 6) is -0.235. The number of aromatic nitrogens is 1. The van der Waals surface area contributed by atoms with Gasteiger partial charge in [0.1, 0.15) is 0 Å². The second-order valence-corrected chi connectivity index (χ2v) is 8.83. The van der Waals surface area contributed by atoms with Gasteiger partial charge in [-0.15, -0.1) is 11.3 Å². The highest BCUT2D eigenvalue weighted by molar-refractivity contribution is 7.93. The van der Waals surface area contributed by atoms with Crippen LogP contribution in [0.4, 0.5) is 10.8 Å². The molecule has 2 N–H and O–H groups in total. The predicted molar refractivity (Wildman–Crippen MR) is 109 cm³/mol. The molecule has 0 aliphatic rings. The molecule has 3 aromatic rings. The zero-order valence-corrected chi connectivity index (χ0v) is 17.0. The fourth-order valence-corrected chi connectivity index (χ4v) is 4.47. The molecular weight excluding hydrogens is 429 g/mol. The van der Waals surface area contributed by atoms with Crippen molar-refractivity contribution in [1.29, 1.82) is 0 Å². The lowest BCUT2D eigenvalue weighted by Crippen LogP contribution is -2.13. The summed E-state index contributed by atoms with van der Waals surface area (Å²) in [7, 11) is -3.80. The maximum atomic E-state index is 12.5. The lowest BCUT2D eigenvalue weighted by atomic mass is 10.2. The number of benzene rings is 2. The van der Waals surface area contributed by atoms with Crippen molar-refractivity contribution in [2.75, 3.05) is 10.0 Å². The summed E-state index contributed by atoms with van der Waals surface area (Å²) in [6.45, 7) is 1.38. The molecule has 10 heteroatoms. The van der Waals surface area contributed by atoms with Gasteiger partial charge in [0.25, 0.3) is 10.0 Å². The van der Waals surface area contributed by atoms with Gasteiger partial charge in [-0.05, 0) is 36.4 Å². The summed E-state index contributed by atoms with van der Waals surface area (Å²) < 4.78 is 27.5. The van der Waals surface area contributed by atoms with E-state index in [2.05, 4.69) is 15.0 Å². The second-order valence-electron chi connectivity index (χ2n) is 5.48. The van der Waals surface area contributed by atoms with E-state index in [0.717, 1.165) is 16.9 Å². The number of thiazole rings is 1. The topological polar surface area (TPSA) is 88.2 Å². The number of amides is 1. The Morgan fingerprint density at radius 2 is 1.78 bits per heavy atom.